The van der Waals surface area contributed by atoms with E-state index in [1.54, 1.807) is 0 Å². The van der Waals surface area contributed by atoms with Gasteiger partial charge in [-0.3, -0.25) is 0 Å². The second kappa shape index (κ2) is 7.31. The third-order valence-electron chi connectivity index (χ3n) is 6.65. The number of benzene rings is 5. The number of hydrogen-bond acceptors (Lipinski definition) is 2. The van der Waals surface area contributed by atoms with Gasteiger partial charge in [0.25, 0.3) is 0 Å². The van der Waals surface area contributed by atoms with Crippen LogP contribution in [0.1, 0.15) is 5.56 Å². The zero-order valence-corrected chi connectivity index (χ0v) is 19.0. The van der Waals surface area contributed by atoms with Crippen molar-refractivity contribution in [1.29, 1.82) is 5.26 Å². The predicted molar refractivity (Wildman–Crippen MR) is 144 cm³/mol. The van der Waals surface area contributed by atoms with Gasteiger partial charge in [0, 0.05) is 30.9 Å². The summed E-state index contributed by atoms with van der Waals surface area (Å²) in [6.07, 6.45) is 0. The highest BCUT2D eigenvalue weighted by atomic mass is 32.1. The molecule has 158 valence electrons. The zero-order valence-electron chi connectivity index (χ0n) is 18.2. The third-order valence-corrected chi connectivity index (χ3v) is 7.80. The summed E-state index contributed by atoms with van der Waals surface area (Å²) in [5.74, 6) is 0. The van der Waals surface area contributed by atoms with Crippen molar-refractivity contribution in [3.8, 4) is 22.9 Å². The Morgan fingerprint density at radius 1 is 0.559 bits per heavy atom. The van der Waals surface area contributed by atoms with Crippen LogP contribution in [0.15, 0.2) is 109 Å². The lowest BCUT2D eigenvalue weighted by molar-refractivity contribution is 1.17. The van der Waals surface area contributed by atoms with E-state index in [0.29, 0.717) is 5.56 Å². The Kier molecular flexibility index (Phi) is 4.11. The summed E-state index contributed by atoms with van der Waals surface area (Å²) in [5.41, 5.74) is 6.21. The quantitative estimate of drug-likeness (QED) is 0.259. The molecule has 7 rings (SSSR count). The minimum Gasteiger partial charge on any atom is -0.308 e. The van der Waals surface area contributed by atoms with Crippen molar-refractivity contribution in [2.24, 2.45) is 0 Å². The molecular weight excluding hydrogens is 432 g/mol. The van der Waals surface area contributed by atoms with E-state index in [2.05, 4.69) is 95.6 Å². The lowest BCUT2D eigenvalue weighted by Crippen LogP contribution is -1.96. The number of fused-ring (bicyclic) bond motifs is 6. The van der Waals surface area contributed by atoms with Gasteiger partial charge in [0.15, 0.2) is 0 Å². The summed E-state index contributed by atoms with van der Waals surface area (Å²) in [7, 11) is 0. The molecule has 0 unspecified atom stereocenters. The standard InChI is InChI=1S/C31H18N2S/c32-19-22-7-1-4-10-27(22)33-28-11-5-2-8-23(28)25-17-20(13-15-29(25)33)21-14-16-31-26(18-21)24-9-3-6-12-30(24)34-31/h1-18H. The highest BCUT2D eigenvalue weighted by Gasteiger charge is 2.15. The van der Waals surface area contributed by atoms with Gasteiger partial charge in [0.2, 0.25) is 0 Å². The highest BCUT2D eigenvalue weighted by molar-refractivity contribution is 7.25. The Morgan fingerprint density at radius 2 is 1.21 bits per heavy atom. The number of para-hydroxylation sites is 2. The van der Waals surface area contributed by atoms with Crippen LogP contribution < -0.4 is 0 Å². The fourth-order valence-corrected chi connectivity index (χ4v) is 6.17. The first kappa shape index (κ1) is 19.1. The molecule has 0 aliphatic carbocycles. The first-order valence-corrected chi connectivity index (χ1v) is 12.1. The normalized spacial score (nSPS) is 11.5. The molecule has 2 nitrogen and oxygen atoms in total. The topological polar surface area (TPSA) is 28.7 Å². The van der Waals surface area contributed by atoms with Gasteiger partial charge in [-0.25, -0.2) is 0 Å². The zero-order chi connectivity index (χ0) is 22.6. The number of thiophene rings is 1. The minimum absolute atomic E-state index is 0.670. The molecule has 2 heterocycles. The Morgan fingerprint density at radius 3 is 2.09 bits per heavy atom. The molecular formula is C31H18N2S. The number of hydrogen-bond donors (Lipinski definition) is 0. The molecule has 0 radical (unpaired) electrons. The summed E-state index contributed by atoms with van der Waals surface area (Å²) in [4.78, 5) is 0. The van der Waals surface area contributed by atoms with E-state index < -0.39 is 0 Å². The Hall–Kier alpha value is -4.39. The molecule has 0 aliphatic rings. The summed E-state index contributed by atoms with van der Waals surface area (Å²) in [5, 5.41) is 14.7. The average molecular weight is 451 g/mol. The van der Waals surface area contributed by atoms with Gasteiger partial charge in [0.1, 0.15) is 6.07 Å². The van der Waals surface area contributed by atoms with Gasteiger partial charge < -0.3 is 4.57 Å². The van der Waals surface area contributed by atoms with E-state index in [9.17, 15) is 5.26 Å². The molecule has 3 heteroatoms. The molecule has 0 atom stereocenters. The van der Waals surface area contributed by atoms with Crippen molar-refractivity contribution in [3.05, 3.63) is 115 Å². The second-order valence-corrected chi connectivity index (χ2v) is 9.61. The van der Waals surface area contributed by atoms with E-state index in [4.69, 9.17) is 0 Å². The van der Waals surface area contributed by atoms with Crippen LogP contribution in [0.2, 0.25) is 0 Å². The van der Waals surface area contributed by atoms with Gasteiger partial charge in [-0.15, -0.1) is 11.3 Å². The molecule has 0 fully saturated rings. The summed E-state index contributed by atoms with van der Waals surface area (Å²) in [6.45, 7) is 0. The molecule has 34 heavy (non-hydrogen) atoms. The summed E-state index contributed by atoms with van der Waals surface area (Å²) in [6, 6.07) is 40.7. The van der Waals surface area contributed by atoms with Crippen molar-refractivity contribution in [3.63, 3.8) is 0 Å². The van der Waals surface area contributed by atoms with Crippen molar-refractivity contribution in [2.75, 3.05) is 0 Å². The molecule has 0 spiro atoms. The van der Waals surface area contributed by atoms with Gasteiger partial charge in [-0.05, 0) is 59.7 Å². The highest BCUT2D eigenvalue weighted by Crippen LogP contribution is 2.39. The van der Waals surface area contributed by atoms with Crippen LogP contribution >= 0.6 is 11.3 Å². The molecule has 2 aromatic heterocycles. The largest absolute Gasteiger partial charge is 0.308 e. The molecule has 5 aromatic carbocycles. The lowest BCUT2D eigenvalue weighted by Gasteiger charge is -2.10. The molecule has 7 aromatic rings. The van der Waals surface area contributed by atoms with Crippen LogP contribution in [-0.2, 0) is 0 Å². The van der Waals surface area contributed by atoms with Crippen molar-refractivity contribution >= 4 is 53.3 Å². The first-order chi connectivity index (χ1) is 16.8. The van der Waals surface area contributed by atoms with E-state index in [1.807, 2.05) is 35.6 Å². The number of aromatic nitrogens is 1. The number of nitrogens with zero attached hydrogens (tertiary/aromatic N) is 2. The maximum absolute atomic E-state index is 9.74. The maximum Gasteiger partial charge on any atom is 0.101 e. The predicted octanol–water partition coefficient (Wildman–Crippen LogP) is 8.69. The third kappa shape index (κ3) is 2.73. The minimum atomic E-state index is 0.670. The van der Waals surface area contributed by atoms with Crippen LogP contribution in [0.25, 0.3) is 58.8 Å². The SMILES string of the molecule is N#Cc1ccccc1-n1c2ccccc2c2cc(-c3ccc4sc5ccccc5c4c3)ccc21. The Labute approximate surface area is 200 Å². The Bertz CT molecular complexity index is 1930. The van der Waals surface area contributed by atoms with Gasteiger partial charge in [0.05, 0.1) is 22.3 Å². The molecule has 0 amide bonds. The molecule has 0 bridgehead atoms. The fourth-order valence-electron chi connectivity index (χ4n) is 5.08. The monoisotopic (exact) mass is 450 g/mol. The first-order valence-electron chi connectivity index (χ1n) is 11.3. The molecule has 0 saturated carbocycles. The smallest absolute Gasteiger partial charge is 0.101 e. The van der Waals surface area contributed by atoms with Crippen LogP contribution in [0.5, 0.6) is 0 Å². The number of nitriles is 1. The molecule has 0 N–H and O–H groups in total. The van der Waals surface area contributed by atoms with Crippen LogP contribution in [0.3, 0.4) is 0 Å². The van der Waals surface area contributed by atoms with E-state index >= 15 is 0 Å². The second-order valence-electron chi connectivity index (χ2n) is 8.52. The van der Waals surface area contributed by atoms with Gasteiger partial charge in [-0.2, -0.15) is 5.26 Å². The van der Waals surface area contributed by atoms with Gasteiger partial charge in [-0.1, -0.05) is 60.7 Å². The van der Waals surface area contributed by atoms with Crippen LogP contribution in [-0.4, -0.2) is 4.57 Å². The van der Waals surface area contributed by atoms with Crippen LogP contribution in [0.4, 0.5) is 0 Å². The van der Waals surface area contributed by atoms with Crippen molar-refractivity contribution in [2.45, 2.75) is 0 Å². The van der Waals surface area contributed by atoms with E-state index in [-0.39, 0.29) is 0 Å². The van der Waals surface area contributed by atoms with Crippen molar-refractivity contribution < 1.29 is 0 Å². The molecule has 0 saturated heterocycles. The van der Waals surface area contributed by atoms with E-state index in [0.717, 1.165) is 16.7 Å². The van der Waals surface area contributed by atoms with Gasteiger partial charge >= 0.3 is 0 Å². The van der Waals surface area contributed by atoms with Crippen LogP contribution in [0, 0.1) is 11.3 Å². The average Bonchev–Trinajstić information content (AvgIpc) is 3.43. The number of rotatable bonds is 2. The van der Waals surface area contributed by atoms with E-state index in [1.165, 1.54) is 42.1 Å². The summed E-state index contributed by atoms with van der Waals surface area (Å²) < 4.78 is 4.85. The Balaban J connectivity index is 1.49. The fraction of sp³-hybridized carbons (Fsp3) is 0. The lowest BCUT2D eigenvalue weighted by atomic mass is 10.0. The summed E-state index contributed by atoms with van der Waals surface area (Å²) >= 11 is 1.84. The van der Waals surface area contributed by atoms with Crippen molar-refractivity contribution in [1.82, 2.24) is 4.57 Å². The maximum atomic E-state index is 9.74. The molecule has 0 aliphatic heterocycles.